The van der Waals surface area contributed by atoms with E-state index in [2.05, 4.69) is 10.6 Å². The van der Waals surface area contributed by atoms with Crippen LogP contribution in [-0.2, 0) is 10.5 Å². The molecule has 140 valence electrons. The van der Waals surface area contributed by atoms with Crippen LogP contribution in [0.25, 0.3) is 0 Å². The van der Waals surface area contributed by atoms with E-state index in [4.69, 9.17) is 5.41 Å². The molecule has 0 bridgehead atoms. The van der Waals surface area contributed by atoms with E-state index >= 15 is 0 Å². The molecule has 27 heavy (non-hydrogen) atoms. The Morgan fingerprint density at radius 1 is 1.26 bits per heavy atom. The van der Waals surface area contributed by atoms with Crippen LogP contribution < -0.4 is 15.5 Å². The third kappa shape index (κ3) is 3.41. The summed E-state index contributed by atoms with van der Waals surface area (Å²) in [6.45, 7) is 3.75. The number of carbonyl (C=O) groups is 2. The highest BCUT2D eigenvalue weighted by molar-refractivity contribution is 8.13. The molecule has 1 atom stereocenters. The summed E-state index contributed by atoms with van der Waals surface area (Å²) in [7, 11) is 0. The minimum absolute atomic E-state index is 0.0942. The second kappa shape index (κ2) is 7.42. The maximum absolute atomic E-state index is 13.0. The minimum atomic E-state index is -2.30. The lowest BCUT2D eigenvalue weighted by Gasteiger charge is -2.42. The Morgan fingerprint density at radius 2 is 1.93 bits per heavy atom. The van der Waals surface area contributed by atoms with Crippen LogP contribution in [-0.4, -0.2) is 28.0 Å². The number of anilines is 2. The van der Waals surface area contributed by atoms with Crippen LogP contribution in [0.2, 0.25) is 0 Å². The van der Waals surface area contributed by atoms with Crippen LogP contribution in [0.3, 0.4) is 0 Å². The molecule has 2 aromatic rings. The molecule has 2 aromatic carbocycles. The summed E-state index contributed by atoms with van der Waals surface area (Å²) < 4.78 is 0. The van der Waals surface area contributed by atoms with Crippen molar-refractivity contribution in [1.82, 2.24) is 5.32 Å². The molecular formula is C19H20N4O3S. The van der Waals surface area contributed by atoms with Crippen molar-refractivity contribution >= 4 is 40.2 Å². The number of amides is 3. The summed E-state index contributed by atoms with van der Waals surface area (Å²) >= 11 is 1.12. The second-order valence-electron chi connectivity index (χ2n) is 6.04. The number of nitrogens with zero attached hydrogens (tertiary/aromatic N) is 1. The van der Waals surface area contributed by atoms with E-state index < -0.39 is 17.7 Å². The van der Waals surface area contributed by atoms with Gasteiger partial charge in [-0.15, -0.1) is 0 Å². The molecule has 0 aromatic heterocycles. The van der Waals surface area contributed by atoms with Crippen LogP contribution in [0, 0.1) is 12.3 Å². The number of aliphatic hydroxyl groups is 1. The third-order valence-electron chi connectivity index (χ3n) is 4.20. The van der Waals surface area contributed by atoms with Crippen molar-refractivity contribution < 1.29 is 14.7 Å². The first-order valence-corrected chi connectivity index (χ1v) is 9.39. The van der Waals surface area contributed by atoms with Crippen molar-refractivity contribution in [2.75, 3.05) is 16.0 Å². The van der Waals surface area contributed by atoms with Crippen LogP contribution in [0.4, 0.5) is 16.2 Å². The highest BCUT2D eigenvalue weighted by Gasteiger charge is 2.52. The summed E-state index contributed by atoms with van der Waals surface area (Å²) in [4.78, 5) is 26.8. The second-order valence-corrected chi connectivity index (χ2v) is 7.31. The fourth-order valence-electron chi connectivity index (χ4n) is 2.93. The average molecular weight is 384 g/mol. The van der Waals surface area contributed by atoms with Gasteiger partial charge in [-0.05, 0) is 30.9 Å². The molecule has 8 heteroatoms. The number of urea groups is 1. The fraction of sp³-hybridized carbons (Fsp3) is 0.211. The Kier molecular flexibility index (Phi) is 5.20. The van der Waals surface area contributed by atoms with Crippen LogP contribution in [0.15, 0.2) is 48.5 Å². The molecule has 0 radical (unpaired) electrons. The van der Waals surface area contributed by atoms with E-state index in [1.807, 2.05) is 13.8 Å². The van der Waals surface area contributed by atoms with Gasteiger partial charge in [0.05, 0.1) is 5.69 Å². The van der Waals surface area contributed by atoms with Crippen molar-refractivity contribution in [3.63, 3.8) is 0 Å². The predicted octanol–water partition coefficient (Wildman–Crippen LogP) is 3.00. The minimum Gasteiger partial charge on any atom is -0.359 e. The van der Waals surface area contributed by atoms with Crippen molar-refractivity contribution in [1.29, 1.82) is 5.41 Å². The van der Waals surface area contributed by atoms with Crippen molar-refractivity contribution in [3.05, 3.63) is 59.7 Å². The Labute approximate surface area is 161 Å². The highest BCUT2D eigenvalue weighted by atomic mass is 32.2. The third-order valence-corrected chi connectivity index (χ3v) is 4.87. The lowest BCUT2D eigenvalue weighted by molar-refractivity contribution is -0.138. The van der Waals surface area contributed by atoms with Gasteiger partial charge in [0, 0.05) is 11.3 Å². The van der Waals surface area contributed by atoms with Crippen molar-refractivity contribution in [2.24, 2.45) is 0 Å². The Hall–Kier alpha value is -2.84. The molecule has 0 fully saturated rings. The number of fused-ring (bicyclic) bond motifs is 1. The Balaban J connectivity index is 2.13. The highest BCUT2D eigenvalue weighted by Crippen LogP contribution is 2.39. The maximum atomic E-state index is 13.0. The normalized spacial score (nSPS) is 18.5. The number of hydrogen-bond acceptors (Lipinski definition) is 5. The van der Waals surface area contributed by atoms with Gasteiger partial charge in [0.25, 0.3) is 11.6 Å². The number of benzene rings is 2. The molecule has 1 heterocycles. The molecule has 4 N–H and O–H groups in total. The zero-order valence-corrected chi connectivity index (χ0v) is 15.8. The molecule has 3 rings (SSSR count). The van der Waals surface area contributed by atoms with Crippen molar-refractivity contribution in [2.45, 2.75) is 19.6 Å². The van der Waals surface area contributed by atoms with E-state index in [0.717, 1.165) is 22.2 Å². The number of aryl methyl sites for hydroxylation is 1. The molecule has 1 unspecified atom stereocenters. The SMILES string of the molecule is CCSC(=N)NC(=O)C1(O)c2ccccc2NC(=O)N1c1ccc(C)cc1. The topological polar surface area (TPSA) is 106 Å². The Bertz CT molecular complexity index is 900. The van der Waals surface area contributed by atoms with E-state index in [1.165, 1.54) is 0 Å². The summed E-state index contributed by atoms with van der Waals surface area (Å²) in [5.74, 6) is -0.271. The lowest BCUT2D eigenvalue weighted by Crippen LogP contribution is -2.63. The van der Waals surface area contributed by atoms with Gasteiger partial charge >= 0.3 is 6.03 Å². The van der Waals surface area contributed by atoms with Crippen molar-refractivity contribution in [3.8, 4) is 0 Å². The predicted molar refractivity (Wildman–Crippen MR) is 107 cm³/mol. The maximum Gasteiger partial charge on any atom is 0.329 e. The van der Waals surface area contributed by atoms with Gasteiger partial charge < -0.3 is 15.7 Å². The molecule has 0 saturated carbocycles. The number of para-hydroxylation sites is 1. The number of nitrogens with one attached hydrogen (secondary N) is 3. The van der Waals surface area contributed by atoms with E-state index in [0.29, 0.717) is 17.1 Å². The molecule has 1 aliphatic rings. The Morgan fingerprint density at radius 3 is 2.59 bits per heavy atom. The first-order chi connectivity index (χ1) is 12.9. The van der Waals surface area contributed by atoms with Gasteiger partial charge in [-0.2, -0.15) is 0 Å². The number of thioether (sulfide) groups is 1. The average Bonchev–Trinajstić information content (AvgIpc) is 2.63. The number of carbonyl (C=O) groups excluding carboxylic acids is 2. The number of rotatable bonds is 3. The van der Waals surface area contributed by atoms with Gasteiger partial charge in [-0.3, -0.25) is 15.1 Å². The summed E-state index contributed by atoms with van der Waals surface area (Å²) in [6.07, 6.45) is 0. The van der Waals surface area contributed by atoms with Crippen LogP contribution in [0.5, 0.6) is 0 Å². The molecule has 1 aliphatic heterocycles. The van der Waals surface area contributed by atoms with E-state index in [-0.39, 0.29) is 10.7 Å². The number of hydrogen-bond donors (Lipinski definition) is 4. The summed E-state index contributed by atoms with van der Waals surface area (Å²) in [5, 5.41) is 24.4. The van der Waals surface area contributed by atoms with E-state index in [9.17, 15) is 14.7 Å². The zero-order valence-electron chi connectivity index (χ0n) is 14.9. The molecule has 0 saturated heterocycles. The van der Waals surface area contributed by atoms with Gasteiger partial charge in [0.15, 0.2) is 5.17 Å². The largest absolute Gasteiger partial charge is 0.359 e. The summed E-state index contributed by atoms with van der Waals surface area (Å²) in [6, 6.07) is 12.8. The van der Waals surface area contributed by atoms with Gasteiger partial charge in [0.2, 0.25) is 0 Å². The zero-order chi connectivity index (χ0) is 19.6. The molecule has 7 nitrogen and oxygen atoms in total. The molecule has 0 spiro atoms. The molecule has 3 amide bonds. The molecule has 0 aliphatic carbocycles. The number of amidine groups is 1. The monoisotopic (exact) mass is 384 g/mol. The molecular weight excluding hydrogens is 364 g/mol. The van der Waals surface area contributed by atoms with Crippen LogP contribution >= 0.6 is 11.8 Å². The first-order valence-electron chi connectivity index (χ1n) is 8.40. The standard InChI is InChI=1S/C19H20N4O3S/c1-3-27-17(20)22-16(24)19(26)14-6-4-5-7-15(14)21-18(25)23(19)13-10-8-12(2)9-11-13/h4-11,26H,3H2,1-2H3,(H,21,25)(H2,20,22,24). The summed E-state index contributed by atoms with van der Waals surface area (Å²) in [5.41, 5.74) is -0.379. The fourth-order valence-corrected chi connectivity index (χ4v) is 3.38. The van der Waals surface area contributed by atoms with Gasteiger partial charge in [0.1, 0.15) is 0 Å². The van der Waals surface area contributed by atoms with Gasteiger partial charge in [-0.25, -0.2) is 4.79 Å². The smallest absolute Gasteiger partial charge is 0.329 e. The van der Waals surface area contributed by atoms with Gasteiger partial charge in [-0.1, -0.05) is 54.6 Å². The first kappa shape index (κ1) is 18.9. The lowest BCUT2D eigenvalue weighted by atomic mass is 9.95. The van der Waals surface area contributed by atoms with Crippen LogP contribution in [0.1, 0.15) is 18.1 Å². The quantitative estimate of drug-likeness (QED) is 0.482. The van der Waals surface area contributed by atoms with E-state index in [1.54, 1.807) is 48.5 Å².